The van der Waals surface area contributed by atoms with Gasteiger partial charge in [-0.25, -0.2) is 4.39 Å². The number of nitrogens with one attached hydrogen (secondary N) is 1. The van der Waals surface area contributed by atoms with Crippen LogP contribution in [-0.2, 0) is 16.0 Å². The summed E-state index contributed by atoms with van der Waals surface area (Å²) in [5, 5.41) is 2.92. The van der Waals surface area contributed by atoms with Crippen molar-refractivity contribution in [3.8, 4) is 11.1 Å². The summed E-state index contributed by atoms with van der Waals surface area (Å²) in [4.78, 5) is 26.2. The number of carbonyl (C=O) groups is 2. The summed E-state index contributed by atoms with van der Waals surface area (Å²) in [5.41, 5.74) is 3.66. The van der Waals surface area contributed by atoms with Gasteiger partial charge in [0.05, 0.1) is 12.5 Å². The molecule has 0 radical (unpaired) electrons. The van der Waals surface area contributed by atoms with Crippen LogP contribution in [0.3, 0.4) is 0 Å². The van der Waals surface area contributed by atoms with E-state index in [0.717, 1.165) is 16.7 Å². The van der Waals surface area contributed by atoms with Gasteiger partial charge in [0.2, 0.25) is 11.8 Å². The number of amides is 2. The van der Waals surface area contributed by atoms with Gasteiger partial charge in [0.25, 0.3) is 0 Å². The summed E-state index contributed by atoms with van der Waals surface area (Å²) >= 11 is 0. The summed E-state index contributed by atoms with van der Waals surface area (Å²) in [7, 11) is 0. The lowest BCUT2D eigenvalue weighted by molar-refractivity contribution is -0.121. The second-order valence-corrected chi connectivity index (χ2v) is 7.19. The SMILES string of the molecule is O=C(Cc1ccc(-c2ccccc2)cc1)NC1CC(=O)N(c2cccc(F)c2)C1. The van der Waals surface area contributed by atoms with E-state index in [1.165, 1.54) is 17.0 Å². The number of nitrogens with zero attached hydrogens (tertiary/aromatic N) is 1. The average molecular weight is 388 g/mol. The van der Waals surface area contributed by atoms with Gasteiger partial charge >= 0.3 is 0 Å². The van der Waals surface area contributed by atoms with Crippen molar-refractivity contribution >= 4 is 17.5 Å². The molecule has 0 spiro atoms. The summed E-state index contributed by atoms with van der Waals surface area (Å²) < 4.78 is 13.4. The van der Waals surface area contributed by atoms with E-state index in [2.05, 4.69) is 5.32 Å². The first-order chi connectivity index (χ1) is 14.1. The van der Waals surface area contributed by atoms with Crippen molar-refractivity contribution in [2.24, 2.45) is 0 Å². The molecule has 2 amide bonds. The smallest absolute Gasteiger partial charge is 0.229 e. The maximum Gasteiger partial charge on any atom is 0.229 e. The molecule has 1 N–H and O–H groups in total. The molecule has 3 aromatic carbocycles. The third-order valence-electron chi connectivity index (χ3n) is 5.04. The molecule has 1 saturated heterocycles. The van der Waals surface area contributed by atoms with Gasteiger partial charge in [-0.1, -0.05) is 60.7 Å². The minimum absolute atomic E-state index is 0.117. The van der Waals surface area contributed by atoms with Crippen LogP contribution in [0.25, 0.3) is 11.1 Å². The van der Waals surface area contributed by atoms with E-state index in [1.807, 2.05) is 54.6 Å². The topological polar surface area (TPSA) is 49.4 Å². The first-order valence-corrected chi connectivity index (χ1v) is 9.58. The van der Waals surface area contributed by atoms with E-state index in [4.69, 9.17) is 0 Å². The Bertz CT molecular complexity index is 1020. The standard InChI is InChI=1S/C24H21FN2O2/c25-20-7-4-8-22(14-20)27-16-21(15-24(27)29)26-23(28)13-17-9-11-19(12-10-17)18-5-2-1-3-6-18/h1-12,14,21H,13,15-16H2,(H,26,28). The molecule has 0 aliphatic carbocycles. The van der Waals surface area contributed by atoms with Gasteiger partial charge in [0.1, 0.15) is 5.82 Å². The first-order valence-electron chi connectivity index (χ1n) is 9.58. The van der Waals surface area contributed by atoms with Gasteiger partial charge in [0, 0.05) is 18.7 Å². The molecule has 5 heteroatoms. The summed E-state index contributed by atoms with van der Waals surface area (Å²) in [6, 6.07) is 23.6. The molecule has 146 valence electrons. The van der Waals surface area contributed by atoms with Crippen LogP contribution >= 0.6 is 0 Å². The molecule has 1 unspecified atom stereocenters. The van der Waals surface area contributed by atoms with Crippen LogP contribution in [0.1, 0.15) is 12.0 Å². The van der Waals surface area contributed by atoms with Crippen molar-refractivity contribution < 1.29 is 14.0 Å². The second-order valence-electron chi connectivity index (χ2n) is 7.19. The predicted octanol–water partition coefficient (Wildman–Crippen LogP) is 3.96. The lowest BCUT2D eigenvalue weighted by Gasteiger charge is -2.17. The highest BCUT2D eigenvalue weighted by Crippen LogP contribution is 2.23. The molecule has 29 heavy (non-hydrogen) atoms. The number of benzene rings is 3. The van der Waals surface area contributed by atoms with Gasteiger partial charge in [-0.15, -0.1) is 0 Å². The fraction of sp³-hybridized carbons (Fsp3) is 0.167. The Balaban J connectivity index is 1.35. The molecule has 0 saturated carbocycles. The Labute approximate surface area is 169 Å². The van der Waals surface area contributed by atoms with Crippen molar-refractivity contribution in [3.63, 3.8) is 0 Å². The van der Waals surface area contributed by atoms with Gasteiger partial charge in [-0.2, -0.15) is 0 Å². The molecular formula is C24H21FN2O2. The number of hydrogen-bond donors (Lipinski definition) is 1. The van der Waals surface area contributed by atoms with Crippen molar-refractivity contribution in [1.29, 1.82) is 0 Å². The van der Waals surface area contributed by atoms with Gasteiger partial charge in [-0.3, -0.25) is 9.59 Å². The largest absolute Gasteiger partial charge is 0.351 e. The highest BCUT2D eigenvalue weighted by atomic mass is 19.1. The van der Waals surface area contributed by atoms with Gasteiger partial charge in [0.15, 0.2) is 0 Å². The van der Waals surface area contributed by atoms with Crippen molar-refractivity contribution in [2.75, 3.05) is 11.4 Å². The molecule has 1 heterocycles. The molecule has 1 atom stereocenters. The Morgan fingerprint density at radius 2 is 1.69 bits per heavy atom. The van der Waals surface area contributed by atoms with Crippen LogP contribution in [-0.4, -0.2) is 24.4 Å². The summed E-state index contributed by atoms with van der Waals surface area (Å²) in [6.45, 7) is 0.348. The number of hydrogen-bond acceptors (Lipinski definition) is 2. The van der Waals surface area contributed by atoms with E-state index in [1.54, 1.807) is 12.1 Å². The summed E-state index contributed by atoms with van der Waals surface area (Å²) in [5.74, 6) is -0.633. The van der Waals surface area contributed by atoms with Crippen LogP contribution in [0.4, 0.5) is 10.1 Å². The van der Waals surface area contributed by atoms with Crippen LogP contribution in [0.15, 0.2) is 78.9 Å². The second kappa shape index (κ2) is 8.27. The van der Waals surface area contributed by atoms with E-state index >= 15 is 0 Å². The first kappa shape index (κ1) is 18.9. The third-order valence-corrected chi connectivity index (χ3v) is 5.04. The Kier molecular flexibility index (Phi) is 5.38. The highest BCUT2D eigenvalue weighted by molar-refractivity contribution is 5.96. The normalized spacial score (nSPS) is 16.1. The van der Waals surface area contributed by atoms with Crippen molar-refractivity contribution in [3.05, 3.63) is 90.2 Å². The fourth-order valence-corrected chi connectivity index (χ4v) is 3.61. The van der Waals surface area contributed by atoms with E-state index < -0.39 is 0 Å². The molecule has 4 nitrogen and oxygen atoms in total. The zero-order valence-electron chi connectivity index (χ0n) is 15.8. The highest BCUT2D eigenvalue weighted by Gasteiger charge is 2.31. The zero-order valence-corrected chi connectivity index (χ0v) is 15.8. The van der Waals surface area contributed by atoms with Crippen molar-refractivity contribution in [2.45, 2.75) is 18.9 Å². The van der Waals surface area contributed by atoms with E-state index in [9.17, 15) is 14.0 Å². The minimum atomic E-state index is -0.387. The van der Waals surface area contributed by atoms with Crippen LogP contribution < -0.4 is 10.2 Å². The van der Waals surface area contributed by atoms with E-state index in [-0.39, 0.29) is 36.5 Å². The molecule has 0 aromatic heterocycles. The third kappa shape index (κ3) is 4.51. The number of rotatable bonds is 5. The van der Waals surface area contributed by atoms with Crippen LogP contribution in [0.5, 0.6) is 0 Å². The predicted molar refractivity (Wildman–Crippen MR) is 111 cm³/mol. The van der Waals surface area contributed by atoms with Crippen LogP contribution in [0.2, 0.25) is 0 Å². The quantitative estimate of drug-likeness (QED) is 0.719. The summed E-state index contributed by atoms with van der Waals surface area (Å²) in [6.07, 6.45) is 0.467. The maximum absolute atomic E-state index is 13.4. The molecule has 1 aliphatic rings. The fourth-order valence-electron chi connectivity index (χ4n) is 3.61. The van der Waals surface area contributed by atoms with Gasteiger partial charge in [-0.05, 0) is 34.9 Å². The zero-order chi connectivity index (χ0) is 20.2. The molecule has 3 aromatic rings. The average Bonchev–Trinajstić information content (AvgIpc) is 3.09. The molecule has 1 fully saturated rings. The molecule has 4 rings (SSSR count). The van der Waals surface area contributed by atoms with Crippen LogP contribution in [0, 0.1) is 5.82 Å². The maximum atomic E-state index is 13.4. The van der Waals surface area contributed by atoms with Crippen molar-refractivity contribution in [1.82, 2.24) is 5.32 Å². The number of halogens is 1. The molecular weight excluding hydrogens is 367 g/mol. The molecule has 1 aliphatic heterocycles. The Hall–Kier alpha value is -3.47. The van der Waals surface area contributed by atoms with E-state index in [0.29, 0.717) is 12.2 Å². The number of anilines is 1. The lowest BCUT2D eigenvalue weighted by Crippen LogP contribution is -2.38. The minimum Gasteiger partial charge on any atom is -0.351 e. The molecule has 0 bridgehead atoms. The lowest BCUT2D eigenvalue weighted by atomic mass is 10.0. The Morgan fingerprint density at radius 1 is 0.966 bits per heavy atom. The Morgan fingerprint density at radius 3 is 2.41 bits per heavy atom. The van der Waals surface area contributed by atoms with Gasteiger partial charge < -0.3 is 10.2 Å². The monoisotopic (exact) mass is 388 g/mol. The number of carbonyl (C=O) groups excluding carboxylic acids is 2.